The van der Waals surface area contributed by atoms with Gasteiger partial charge in [0.05, 0.1) is 28.2 Å². The summed E-state index contributed by atoms with van der Waals surface area (Å²) in [5.41, 5.74) is 1.60. The van der Waals surface area contributed by atoms with E-state index in [0.29, 0.717) is 23.3 Å². The van der Waals surface area contributed by atoms with E-state index in [-0.39, 0.29) is 17.7 Å². The first-order valence-electron chi connectivity index (χ1n) is 9.11. The minimum atomic E-state index is -0.265. The van der Waals surface area contributed by atoms with Gasteiger partial charge in [-0.2, -0.15) is 5.10 Å². The van der Waals surface area contributed by atoms with Crippen molar-refractivity contribution in [1.29, 1.82) is 0 Å². The normalized spacial score (nSPS) is 16.1. The Kier molecular flexibility index (Phi) is 5.16. The first-order valence-corrected chi connectivity index (χ1v) is 11.0. The number of nitrogens with zero attached hydrogens (tertiary/aromatic N) is 5. The molecule has 0 radical (unpaired) electrons. The number of amides is 1. The number of thioether (sulfide) groups is 1. The molecule has 4 aromatic heterocycles. The van der Waals surface area contributed by atoms with Crippen molar-refractivity contribution in [3.8, 4) is 11.5 Å². The highest BCUT2D eigenvalue weighted by Crippen LogP contribution is 2.35. The van der Waals surface area contributed by atoms with Crippen LogP contribution in [0.4, 0.5) is 0 Å². The van der Waals surface area contributed by atoms with Gasteiger partial charge >= 0.3 is 0 Å². The van der Waals surface area contributed by atoms with E-state index in [0.717, 1.165) is 16.2 Å². The Labute approximate surface area is 179 Å². The number of pyridine rings is 1. The molecule has 5 rings (SSSR count). The van der Waals surface area contributed by atoms with Gasteiger partial charge in [0.2, 0.25) is 5.89 Å². The largest absolute Gasteiger partial charge is 0.467 e. The van der Waals surface area contributed by atoms with Gasteiger partial charge in [-0.05, 0) is 35.7 Å². The van der Waals surface area contributed by atoms with Gasteiger partial charge in [0, 0.05) is 18.8 Å². The third-order valence-electron chi connectivity index (χ3n) is 4.48. The standard InChI is InChI=1S/C20H15N5O3S2/c26-18(12-30-20-23-22-19(28-20)13-4-1-7-21-11-13)25-15(16-5-2-8-27-16)10-14(24-25)17-6-3-9-29-17/h1-9,11,15H,10,12H2. The Bertz CT molecular complexity index is 1160. The summed E-state index contributed by atoms with van der Waals surface area (Å²) in [5, 5.41) is 16.4. The molecule has 0 fully saturated rings. The zero-order valence-electron chi connectivity index (χ0n) is 15.5. The Hall–Kier alpha value is -3.24. The molecule has 1 aliphatic heterocycles. The molecule has 30 heavy (non-hydrogen) atoms. The summed E-state index contributed by atoms with van der Waals surface area (Å²) < 4.78 is 11.2. The van der Waals surface area contributed by atoms with Crippen LogP contribution >= 0.6 is 23.1 Å². The molecule has 0 aromatic carbocycles. The predicted molar refractivity (Wildman–Crippen MR) is 112 cm³/mol. The molecule has 4 aromatic rings. The van der Waals surface area contributed by atoms with Gasteiger partial charge in [0.15, 0.2) is 0 Å². The summed E-state index contributed by atoms with van der Waals surface area (Å²) in [7, 11) is 0. The lowest BCUT2D eigenvalue weighted by atomic mass is 10.1. The van der Waals surface area contributed by atoms with Gasteiger partial charge in [-0.3, -0.25) is 9.78 Å². The molecule has 1 aliphatic rings. The second kappa shape index (κ2) is 8.25. The van der Waals surface area contributed by atoms with E-state index in [1.54, 1.807) is 36.1 Å². The average molecular weight is 438 g/mol. The maximum atomic E-state index is 13.0. The van der Waals surface area contributed by atoms with Crippen LogP contribution in [0, 0.1) is 0 Å². The predicted octanol–water partition coefficient (Wildman–Crippen LogP) is 4.26. The monoisotopic (exact) mass is 437 g/mol. The van der Waals surface area contributed by atoms with E-state index in [9.17, 15) is 4.79 Å². The number of furan rings is 1. The summed E-state index contributed by atoms with van der Waals surface area (Å²) in [4.78, 5) is 18.1. The van der Waals surface area contributed by atoms with Crippen molar-refractivity contribution >= 4 is 34.7 Å². The van der Waals surface area contributed by atoms with Gasteiger partial charge in [-0.25, -0.2) is 5.01 Å². The van der Waals surface area contributed by atoms with Crippen molar-refractivity contribution in [3.63, 3.8) is 0 Å². The minimum absolute atomic E-state index is 0.118. The van der Waals surface area contributed by atoms with Crippen LogP contribution in [0.1, 0.15) is 23.1 Å². The molecule has 1 unspecified atom stereocenters. The lowest BCUT2D eigenvalue weighted by Gasteiger charge is -2.19. The van der Waals surface area contributed by atoms with E-state index in [1.165, 1.54) is 16.8 Å². The average Bonchev–Trinajstić information content (AvgIpc) is 3.57. The highest BCUT2D eigenvalue weighted by Gasteiger charge is 2.35. The maximum Gasteiger partial charge on any atom is 0.277 e. The molecule has 1 amide bonds. The Balaban J connectivity index is 1.31. The van der Waals surface area contributed by atoms with E-state index in [1.807, 2.05) is 35.7 Å². The number of carbonyl (C=O) groups excluding carboxylic acids is 1. The molecular weight excluding hydrogens is 422 g/mol. The van der Waals surface area contributed by atoms with Crippen LogP contribution in [0.15, 0.2) is 79.6 Å². The number of aromatic nitrogens is 3. The lowest BCUT2D eigenvalue weighted by Crippen LogP contribution is -2.28. The quantitative estimate of drug-likeness (QED) is 0.416. The second-order valence-electron chi connectivity index (χ2n) is 6.40. The van der Waals surface area contributed by atoms with Crippen LogP contribution in [0.25, 0.3) is 11.5 Å². The topological polar surface area (TPSA) is 97.6 Å². The molecule has 0 spiro atoms. The lowest BCUT2D eigenvalue weighted by molar-refractivity contribution is -0.130. The van der Waals surface area contributed by atoms with E-state index in [4.69, 9.17) is 8.83 Å². The molecular formula is C20H15N5O3S2. The highest BCUT2D eigenvalue weighted by atomic mass is 32.2. The first-order chi connectivity index (χ1) is 14.8. The maximum absolute atomic E-state index is 13.0. The third kappa shape index (κ3) is 3.79. The van der Waals surface area contributed by atoms with Crippen molar-refractivity contribution in [2.24, 2.45) is 5.10 Å². The van der Waals surface area contributed by atoms with Crippen LogP contribution in [0.2, 0.25) is 0 Å². The number of hydrazone groups is 1. The molecule has 1 atom stereocenters. The SMILES string of the molecule is O=C(CSc1nnc(-c2cccnc2)o1)N1N=C(c2cccs2)CC1c1ccco1. The smallest absolute Gasteiger partial charge is 0.277 e. The number of carbonyl (C=O) groups is 1. The summed E-state index contributed by atoms with van der Waals surface area (Å²) >= 11 is 2.78. The van der Waals surface area contributed by atoms with Gasteiger partial charge in [-0.1, -0.05) is 17.8 Å². The molecule has 0 N–H and O–H groups in total. The van der Waals surface area contributed by atoms with Gasteiger partial charge in [-0.15, -0.1) is 21.5 Å². The van der Waals surface area contributed by atoms with E-state index >= 15 is 0 Å². The highest BCUT2D eigenvalue weighted by molar-refractivity contribution is 7.99. The fourth-order valence-corrected chi connectivity index (χ4v) is 4.43. The van der Waals surface area contributed by atoms with Crippen molar-refractivity contribution < 1.29 is 13.6 Å². The van der Waals surface area contributed by atoms with Gasteiger partial charge < -0.3 is 8.83 Å². The fourth-order valence-electron chi connectivity index (χ4n) is 3.10. The zero-order valence-corrected chi connectivity index (χ0v) is 17.2. The van der Waals surface area contributed by atoms with Crippen molar-refractivity contribution in [2.75, 3.05) is 5.75 Å². The zero-order chi connectivity index (χ0) is 20.3. The number of thiophene rings is 1. The fraction of sp³-hybridized carbons (Fsp3) is 0.150. The molecule has 5 heterocycles. The Morgan fingerprint density at radius 3 is 2.97 bits per heavy atom. The summed E-state index contributed by atoms with van der Waals surface area (Å²) in [5.74, 6) is 1.03. The number of hydrogen-bond acceptors (Lipinski definition) is 9. The Morgan fingerprint density at radius 1 is 1.23 bits per heavy atom. The van der Waals surface area contributed by atoms with Crippen LogP contribution in [-0.2, 0) is 4.79 Å². The molecule has 150 valence electrons. The Morgan fingerprint density at radius 2 is 2.20 bits per heavy atom. The number of rotatable bonds is 6. The molecule has 10 heteroatoms. The molecule has 0 saturated heterocycles. The van der Waals surface area contributed by atoms with Crippen molar-refractivity contribution in [3.05, 3.63) is 71.1 Å². The number of hydrogen-bond donors (Lipinski definition) is 0. The van der Waals surface area contributed by atoms with Crippen LogP contribution in [0.3, 0.4) is 0 Å². The second-order valence-corrected chi connectivity index (χ2v) is 8.28. The van der Waals surface area contributed by atoms with Crippen LogP contribution in [0.5, 0.6) is 0 Å². The van der Waals surface area contributed by atoms with Gasteiger partial charge in [0.25, 0.3) is 11.1 Å². The summed E-state index contributed by atoms with van der Waals surface area (Å²) in [6, 6.07) is 11.0. The third-order valence-corrected chi connectivity index (χ3v) is 6.20. The minimum Gasteiger partial charge on any atom is -0.467 e. The van der Waals surface area contributed by atoms with E-state index in [2.05, 4.69) is 20.3 Å². The van der Waals surface area contributed by atoms with E-state index < -0.39 is 0 Å². The summed E-state index contributed by atoms with van der Waals surface area (Å²) in [6.45, 7) is 0. The first kappa shape index (κ1) is 18.8. The van der Waals surface area contributed by atoms with Gasteiger partial charge in [0.1, 0.15) is 11.8 Å². The van der Waals surface area contributed by atoms with Crippen molar-refractivity contribution in [2.45, 2.75) is 17.7 Å². The molecule has 0 aliphatic carbocycles. The molecule has 0 bridgehead atoms. The molecule has 8 nitrogen and oxygen atoms in total. The van der Waals surface area contributed by atoms with Crippen LogP contribution in [-0.4, -0.2) is 37.6 Å². The van der Waals surface area contributed by atoms with Crippen LogP contribution < -0.4 is 0 Å². The molecule has 0 saturated carbocycles. The summed E-state index contributed by atoms with van der Waals surface area (Å²) in [6.07, 6.45) is 5.53. The van der Waals surface area contributed by atoms with Crippen molar-refractivity contribution in [1.82, 2.24) is 20.2 Å².